The molecule has 0 rings (SSSR count). The number of guanidine groups is 1. The highest BCUT2D eigenvalue weighted by Gasteiger charge is 2.23. The quantitative estimate of drug-likeness (QED) is 0.243. The Hall–Kier alpha value is -0.0800. The van der Waals surface area contributed by atoms with Gasteiger partial charge in [0.05, 0.1) is 12.6 Å². The smallest absolute Gasteiger partial charge is 0.191 e. The van der Waals surface area contributed by atoms with Crippen LogP contribution < -0.4 is 10.6 Å². The molecule has 1 unspecified atom stereocenters. The fourth-order valence-electron chi connectivity index (χ4n) is 1.97. The van der Waals surface area contributed by atoms with Crippen LogP contribution in [0.3, 0.4) is 0 Å². The van der Waals surface area contributed by atoms with Gasteiger partial charge in [-0.3, -0.25) is 4.99 Å². The van der Waals surface area contributed by atoms with E-state index in [9.17, 15) is 0 Å². The summed E-state index contributed by atoms with van der Waals surface area (Å²) in [5.74, 6) is 0.871. The minimum absolute atomic E-state index is 0. The van der Waals surface area contributed by atoms with E-state index in [0.717, 1.165) is 38.5 Å². The summed E-state index contributed by atoms with van der Waals surface area (Å²) >= 11 is 0. The van der Waals surface area contributed by atoms with Crippen LogP contribution in [0.1, 0.15) is 47.0 Å². The van der Waals surface area contributed by atoms with Crippen LogP contribution in [-0.4, -0.2) is 52.5 Å². The molecule has 0 radical (unpaired) electrons. The molecule has 1 atom stereocenters. The molecule has 0 aliphatic rings. The van der Waals surface area contributed by atoms with Crippen molar-refractivity contribution in [3.05, 3.63) is 0 Å². The van der Waals surface area contributed by atoms with Crippen molar-refractivity contribution >= 4 is 29.9 Å². The van der Waals surface area contributed by atoms with E-state index in [-0.39, 0.29) is 35.5 Å². The van der Waals surface area contributed by atoms with Crippen molar-refractivity contribution in [3.63, 3.8) is 0 Å². The third-order valence-electron chi connectivity index (χ3n) is 3.33. The predicted octanol–water partition coefficient (Wildman–Crippen LogP) is 3.04. The first-order valence-electron chi connectivity index (χ1n) is 7.99. The second-order valence-corrected chi connectivity index (χ2v) is 6.29. The van der Waals surface area contributed by atoms with E-state index in [4.69, 9.17) is 9.47 Å². The van der Waals surface area contributed by atoms with Gasteiger partial charge in [0.2, 0.25) is 0 Å². The summed E-state index contributed by atoms with van der Waals surface area (Å²) in [4.78, 5) is 4.63. The van der Waals surface area contributed by atoms with Gasteiger partial charge in [-0.2, -0.15) is 0 Å². The van der Waals surface area contributed by atoms with Gasteiger partial charge in [-0.15, -0.1) is 24.0 Å². The Kier molecular flexibility index (Phi) is 15.9. The van der Waals surface area contributed by atoms with Crippen LogP contribution in [0.2, 0.25) is 0 Å². The van der Waals surface area contributed by atoms with Gasteiger partial charge < -0.3 is 20.1 Å². The first-order valence-corrected chi connectivity index (χ1v) is 7.99. The maximum atomic E-state index is 5.54. The van der Waals surface area contributed by atoms with Crippen molar-refractivity contribution in [2.45, 2.75) is 53.1 Å². The summed E-state index contributed by atoms with van der Waals surface area (Å²) in [6, 6.07) is 0. The number of methoxy groups -OCH3 is 2. The summed E-state index contributed by atoms with van der Waals surface area (Å²) in [5, 5.41) is 6.65. The van der Waals surface area contributed by atoms with Crippen molar-refractivity contribution in [1.29, 1.82) is 0 Å². The summed E-state index contributed by atoms with van der Waals surface area (Å²) < 4.78 is 10.6. The highest BCUT2D eigenvalue weighted by atomic mass is 127. The van der Waals surface area contributed by atoms with E-state index in [0.29, 0.717) is 6.54 Å². The van der Waals surface area contributed by atoms with Gasteiger partial charge in [0.1, 0.15) is 0 Å². The van der Waals surface area contributed by atoms with Gasteiger partial charge in [0.25, 0.3) is 0 Å². The van der Waals surface area contributed by atoms with E-state index in [1.54, 1.807) is 14.2 Å². The molecule has 0 spiro atoms. The average Bonchev–Trinajstić information content (AvgIpc) is 2.41. The Labute approximate surface area is 154 Å². The standard InChI is InChI=1S/C16H35N3O2.HI/c1-7-17-15(18-11-9-8-10-12-20-5)19-13-14(21-6)16(2,3)4;/h14H,7-13H2,1-6H3,(H2,17,18,19);1H. The van der Waals surface area contributed by atoms with E-state index < -0.39 is 0 Å². The molecule has 6 heteroatoms. The van der Waals surface area contributed by atoms with Crippen LogP contribution in [-0.2, 0) is 9.47 Å². The fraction of sp³-hybridized carbons (Fsp3) is 0.938. The van der Waals surface area contributed by atoms with Gasteiger partial charge in [-0.1, -0.05) is 20.8 Å². The maximum Gasteiger partial charge on any atom is 0.191 e. The third-order valence-corrected chi connectivity index (χ3v) is 3.33. The molecular formula is C16H36IN3O2. The molecule has 0 bridgehead atoms. The lowest BCUT2D eigenvalue weighted by atomic mass is 9.89. The Morgan fingerprint density at radius 1 is 1.09 bits per heavy atom. The largest absolute Gasteiger partial charge is 0.385 e. The lowest BCUT2D eigenvalue weighted by Gasteiger charge is -2.28. The summed E-state index contributed by atoms with van der Waals surface area (Å²) in [6.07, 6.45) is 3.53. The van der Waals surface area contributed by atoms with Crippen molar-refractivity contribution in [2.24, 2.45) is 10.4 Å². The zero-order chi connectivity index (χ0) is 16.1. The van der Waals surface area contributed by atoms with Crippen LogP contribution in [0.25, 0.3) is 0 Å². The van der Waals surface area contributed by atoms with Gasteiger partial charge in [0, 0.05) is 33.9 Å². The average molecular weight is 429 g/mol. The molecule has 0 fully saturated rings. The van der Waals surface area contributed by atoms with Crippen LogP contribution in [0.5, 0.6) is 0 Å². The molecule has 0 amide bonds. The zero-order valence-electron chi connectivity index (χ0n) is 15.2. The van der Waals surface area contributed by atoms with Gasteiger partial charge in [0.15, 0.2) is 5.96 Å². The number of halogens is 1. The summed E-state index contributed by atoms with van der Waals surface area (Å²) in [7, 11) is 3.50. The first-order chi connectivity index (χ1) is 9.95. The number of aliphatic imine (C=N–C) groups is 1. The molecule has 134 valence electrons. The SMILES string of the molecule is CCNC(=NCC(OC)C(C)(C)C)NCCCCCOC.I. The van der Waals surface area contributed by atoms with Crippen LogP contribution in [0.4, 0.5) is 0 Å². The molecule has 0 aliphatic carbocycles. The Balaban J connectivity index is 0. The second-order valence-electron chi connectivity index (χ2n) is 6.29. The third kappa shape index (κ3) is 12.5. The minimum Gasteiger partial charge on any atom is -0.385 e. The second kappa shape index (κ2) is 14.5. The minimum atomic E-state index is 0. The first kappa shape index (κ1) is 24.2. The van der Waals surface area contributed by atoms with E-state index in [1.807, 2.05) is 0 Å². The Morgan fingerprint density at radius 3 is 2.27 bits per heavy atom. The van der Waals surface area contributed by atoms with Crippen molar-refractivity contribution in [1.82, 2.24) is 10.6 Å². The normalized spacial score (nSPS) is 13.5. The molecule has 0 aromatic heterocycles. The topological polar surface area (TPSA) is 54.9 Å². The molecule has 0 saturated heterocycles. The van der Waals surface area contributed by atoms with Crippen molar-refractivity contribution < 1.29 is 9.47 Å². The summed E-state index contributed by atoms with van der Waals surface area (Å²) in [6.45, 7) is 11.9. The number of nitrogens with zero attached hydrogens (tertiary/aromatic N) is 1. The molecular weight excluding hydrogens is 393 g/mol. The van der Waals surface area contributed by atoms with E-state index in [2.05, 4.69) is 43.3 Å². The molecule has 2 N–H and O–H groups in total. The van der Waals surface area contributed by atoms with Crippen LogP contribution >= 0.6 is 24.0 Å². The molecule has 0 heterocycles. The molecule has 0 aromatic rings. The molecule has 5 nitrogen and oxygen atoms in total. The van der Waals surface area contributed by atoms with Gasteiger partial charge in [-0.25, -0.2) is 0 Å². The molecule has 0 saturated carbocycles. The monoisotopic (exact) mass is 429 g/mol. The zero-order valence-corrected chi connectivity index (χ0v) is 17.5. The summed E-state index contributed by atoms with van der Waals surface area (Å²) in [5.41, 5.74) is 0.0930. The number of unbranched alkanes of at least 4 members (excludes halogenated alkanes) is 2. The molecule has 0 aliphatic heterocycles. The highest BCUT2D eigenvalue weighted by molar-refractivity contribution is 14.0. The number of hydrogen-bond acceptors (Lipinski definition) is 3. The Bertz CT molecular complexity index is 281. The number of nitrogens with one attached hydrogen (secondary N) is 2. The van der Waals surface area contributed by atoms with Crippen LogP contribution in [0, 0.1) is 5.41 Å². The number of ether oxygens (including phenoxy) is 2. The lowest BCUT2D eigenvalue weighted by Crippen LogP contribution is -2.39. The fourth-order valence-corrected chi connectivity index (χ4v) is 1.97. The van der Waals surface area contributed by atoms with Gasteiger partial charge >= 0.3 is 0 Å². The predicted molar refractivity (Wildman–Crippen MR) is 105 cm³/mol. The Morgan fingerprint density at radius 2 is 1.77 bits per heavy atom. The number of hydrogen-bond donors (Lipinski definition) is 2. The lowest BCUT2D eigenvalue weighted by molar-refractivity contribution is 0.0241. The van der Waals surface area contributed by atoms with Crippen LogP contribution in [0.15, 0.2) is 4.99 Å². The van der Waals surface area contributed by atoms with E-state index >= 15 is 0 Å². The van der Waals surface area contributed by atoms with Gasteiger partial charge in [-0.05, 0) is 31.6 Å². The van der Waals surface area contributed by atoms with Crippen molar-refractivity contribution in [2.75, 3.05) is 40.5 Å². The number of rotatable bonds is 10. The molecule has 22 heavy (non-hydrogen) atoms. The highest BCUT2D eigenvalue weighted by Crippen LogP contribution is 2.21. The molecule has 0 aromatic carbocycles. The maximum absolute atomic E-state index is 5.54. The van der Waals surface area contributed by atoms with Crippen molar-refractivity contribution in [3.8, 4) is 0 Å². The van der Waals surface area contributed by atoms with E-state index in [1.165, 1.54) is 6.42 Å².